The number of rotatable bonds is 5. The van der Waals surface area contributed by atoms with Crippen LogP contribution in [-0.4, -0.2) is 25.5 Å². The second-order valence-electron chi connectivity index (χ2n) is 6.48. The normalized spacial score (nSPS) is 18.5. The van der Waals surface area contributed by atoms with Crippen molar-refractivity contribution < 1.29 is 9.13 Å². The van der Waals surface area contributed by atoms with E-state index in [4.69, 9.17) is 11.3 Å². The Balaban J connectivity index is 0.00000225. The van der Waals surface area contributed by atoms with Crippen molar-refractivity contribution in [2.24, 2.45) is 0 Å². The van der Waals surface area contributed by atoms with E-state index in [1.54, 1.807) is 0 Å². The van der Waals surface area contributed by atoms with E-state index in [9.17, 15) is 4.39 Å². The van der Waals surface area contributed by atoms with E-state index in [0.717, 1.165) is 36.1 Å². The van der Waals surface area contributed by atoms with Crippen LogP contribution in [0.5, 0.6) is 0 Å². The average Bonchev–Trinajstić information content (AvgIpc) is 2.94. The molecule has 0 N–H and O–H groups in total. The molecule has 1 aliphatic rings. The predicted molar refractivity (Wildman–Crippen MR) is 103 cm³/mol. The third kappa shape index (κ3) is 3.92. The molecule has 25 heavy (non-hydrogen) atoms. The molecule has 1 atom stereocenters. The Bertz CT molecular complexity index is 770. The van der Waals surface area contributed by atoms with Crippen molar-refractivity contribution in [3.8, 4) is 0 Å². The Labute approximate surface area is 159 Å². The van der Waals surface area contributed by atoms with Crippen LogP contribution in [0.1, 0.15) is 29.5 Å². The van der Waals surface area contributed by atoms with Crippen LogP contribution in [0, 0.1) is 12.4 Å². The molecule has 3 nitrogen and oxygen atoms in total. The number of ether oxygens (including phenoxy) is 1. The quantitative estimate of drug-likeness (QED) is 0.646. The zero-order valence-corrected chi connectivity index (χ0v) is 16.2. The Morgan fingerprint density at radius 1 is 1.20 bits per heavy atom. The Hall–Kier alpha value is -1.74. The number of halogens is 2. The molecule has 0 aromatic heterocycles. The summed E-state index contributed by atoms with van der Waals surface area (Å²) < 4.78 is 19.6. The van der Waals surface area contributed by atoms with Gasteiger partial charge in [0.1, 0.15) is 11.4 Å². The number of hydrogen-bond acceptors (Lipinski definition) is 2. The second-order valence-corrected chi connectivity index (χ2v) is 6.48. The van der Waals surface area contributed by atoms with Gasteiger partial charge in [-0.05, 0) is 62.3 Å². The highest BCUT2D eigenvalue weighted by Crippen LogP contribution is 2.46. The maximum Gasteiger partial charge on any atom is 0.187 e. The van der Waals surface area contributed by atoms with E-state index in [1.807, 2.05) is 30.3 Å². The minimum absolute atomic E-state index is 0. The summed E-state index contributed by atoms with van der Waals surface area (Å²) in [5.41, 5.74) is 3.19. The van der Waals surface area contributed by atoms with E-state index >= 15 is 0 Å². The molecule has 0 bridgehead atoms. The highest BCUT2D eigenvalue weighted by atomic mass is 79.9. The molecule has 0 saturated heterocycles. The average molecular weight is 405 g/mol. The lowest BCUT2D eigenvalue weighted by molar-refractivity contribution is -0.0140. The summed E-state index contributed by atoms with van der Waals surface area (Å²) in [5.74, 6) is -0.247. The largest absolute Gasteiger partial charge is 0.361 e. The molecule has 3 rings (SSSR count). The number of nitrogens with zero attached hydrogens (tertiary/aromatic N) is 2. The summed E-state index contributed by atoms with van der Waals surface area (Å²) >= 11 is 0. The minimum Gasteiger partial charge on any atom is -0.361 e. The number of fused-ring (bicyclic) bond motifs is 1. The van der Waals surface area contributed by atoms with E-state index in [0.29, 0.717) is 12.3 Å². The predicted octanol–water partition coefficient (Wildman–Crippen LogP) is 5.07. The molecular formula is C20H22BrFN2O. The molecule has 0 amide bonds. The Morgan fingerprint density at radius 2 is 1.92 bits per heavy atom. The van der Waals surface area contributed by atoms with E-state index in [-0.39, 0.29) is 22.8 Å². The summed E-state index contributed by atoms with van der Waals surface area (Å²) in [6, 6.07) is 12.3. The van der Waals surface area contributed by atoms with Gasteiger partial charge in [-0.2, -0.15) is 0 Å². The summed E-state index contributed by atoms with van der Waals surface area (Å²) in [6.45, 7) is 8.63. The number of hydrogen-bond donors (Lipinski definition) is 0. The summed E-state index contributed by atoms with van der Waals surface area (Å²) in [4.78, 5) is 5.65. The molecule has 0 spiro atoms. The van der Waals surface area contributed by atoms with Crippen LogP contribution in [0.25, 0.3) is 4.85 Å². The maximum atomic E-state index is 13.4. The molecule has 2 aromatic carbocycles. The first-order chi connectivity index (χ1) is 11.5. The first-order valence-electron chi connectivity index (χ1n) is 8.11. The summed E-state index contributed by atoms with van der Waals surface area (Å²) in [6.07, 6.45) is 1.79. The van der Waals surface area contributed by atoms with Gasteiger partial charge in [0.2, 0.25) is 0 Å². The van der Waals surface area contributed by atoms with Gasteiger partial charge in [-0.25, -0.2) is 9.24 Å². The van der Waals surface area contributed by atoms with Crippen molar-refractivity contribution in [2.45, 2.75) is 25.0 Å². The van der Waals surface area contributed by atoms with Crippen molar-refractivity contribution in [1.82, 2.24) is 4.90 Å². The molecule has 2 aromatic rings. The molecule has 0 aliphatic carbocycles. The third-order valence-electron chi connectivity index (χ3n) is 4.57. The zero-order chi connectivity index (χ0) is 17.2. The van der Waals surface area contributed by atoms with Crippen LogP contribution in [0.3, 0.4) is 0 Å². The molecule has 0 fully saturated rings. The topological polar surface area (TPSA) is 16.8 Å². The van der Waals surface area contributed by atoms with Gasteiger partial charge in [-0.1, -0.05) is 30.3 Å². The van der Waals surface area contributed by atoms with Gasteiger partial charge >= 0.3 is 0 Å². The van der Waals surface area contributed by atoms with E-state index < -0.39 is 5.60 Å². The fraction of sp³-hybridized carbons (Fsp3) is 0.350. The first-order valence-corrected chi connectivity index (χ1v) is 8.11. The molecule has 132 valence electrons. The standard InChI is InChI=1S/C20H21FN2O.BrH/c1-22-18-9-10-19-15(13-18)14-24-20(19,11-4-12-23(2)3)16-5-7-17(21)8-6-16;/h5-10,13H,4,11-12,14H2,2-3H3;1H. The second kappa shape index (κ2) is 8.09. The van der Waals surface area contributed by atoms with Crippen molar-refractivity contribution in [1.29, 1.82) is 0 Å². The van der Waals surface area contributed by atoms with Crippen molar-refractivity contribution in [3.05, 3.63) is 76.4 Å². The third-order valence-corrected chi connectivity index (χ3v) is 4.57. The monoisotopic (exact) mass is 404 g/mol. The van der Waals surface area contributed by atoms with Gasteiger partial charge in [-0.15, -0.1) is 17.0 Å². The van der Waals surface area contributed by atoms with Crippen LogP contribution in [-0.2, 0) is 16.9 Å². The molecular weight excluding hydrogens is 383 g/mol. The molecule has 0 radical (unpaired) electrons. The Morgan fingerprint density at radius 3 is 2.56 bits per heavy atom. The van der Waals surface area contributed by atoms with Crippen molar-refractivity contribution in [3.63, 3.8) is 0 Å². The van der Waals surface area contributed by atoms with Crippen LogP contribution in [0.4, 0.5) is 10.1 Å². The lowest BCUT2D eigenvalue weighted by atomic mass is 9.82. The molecule has 1 heterocycles. The first kappa shape index (κ1) is 19.6. The van der Waals surface area contributed by atoms with Crippen LogP contribution < -0.4 is 0 Å². The van der Waals surface area contributed by atoms with Crippen LogP contribution >= 0.6 is 17.0 Å². The van der Waals surface area contributed by atoms with Gasteiger partial charge in [0.05, 0.1) is 13.2 Å². The van der Waals surface area contributed by atoms with Gasteiger partial charge < -0.3 is 9.64 Å². The van der Waals surface area contributed by atoms with E-state index in [1.165, 1.54) is 12.1 Å². The zero-order valence-electron chi connectivity index (χ0n) is 14.5. The van der Waals surface area contributed by atoms with Crippen molar-refractivity contribution >= 4 is 22.7 Å². The highest BCUT2D eigenvalue weighted by molar-refractivity contribution is 8.93. The van der Waals surface area contributed by atoms with Gasteiger partial charge in [0.25, 0.3) is 0 Å². The van der Waals surface area contributed by atoms with Crippen molar-refractivity contribution in [2.75, 3.05) is 20.6 Å². The highest BCUT2D eigenvalue weighted by Gasteiger charge is 2.41. The fourth-order valence-electron chi connectivity index (χ4n) is 3.40. The van der Waals surface area contributed by atoms with Gasteiger partial charge in [0, 0.05) is 0 Å². The molecule has 5 heteroatoms. The maximum absolute atomic E-state index is 13.4. The van der Waals surface area contributed by atoms with E-state index in [2.05, 4.69) is 23.8 Å². The summed E-state index contributed by atoms with van der Waals surface area (Å²) in [7, 11) is 4.10. The Kier molecular flexibility index (Phi) is 6.34. The number of benzene rings is 2. The fourth-order valence-corrected chi connectivity index (χ4v) is 3.40. The molecule has 0 saturated carbocycles. The minimum atomic E-state index is -0.556. The van der Waals surface area contributed by atoms with Crippen LogP contribution in [0.15, 0.2) is 42.5 Å². The van der Waals surface area contributed by atoms with Crippen LogP contribution in [0.2, 0.25) is 0 Å². The van der Waals surface area contributed by atoms with Gasteiger partial charge in [0.15, 0.2) is 5.69 Å². The lowest BCUT2D eigenvalue weighted by Crippen LogP contribution is -2.28. The molecule has 1 unspecified atom stereocenters. The van der Waals surface area contributed by atoms with Gasteiger partial charge in [-0.3, -0.25) is 0 Å². The smallest absolute Gasteiger partial charge is 0.187 e. The lowest BCUT2D eigenvalue weighted by Gasteiger charge is -2.31. The SMILES string of the molecule is Br.[C-]#[N+]c1ccc2c(c1)COC2(CCCN(C)C)c1ccc(F)cc1. The summed E-state index contributed by atoms with van der Waals surface area (Å²) in [5, 5.41) is 0. The molecule has 1 aliphatic heterocycles.